The zero-order valence-electron chi connectivity index (χ0n) is 11.9. The van der Waals surface area contributed by atoms with E-state index in [9.17, 15) is 4.79 Å². The Morgan fingerprint density at radius 1 is 1.43 bits per heavy atom. The van der Waals surface area contributed by atoms with E-state index in [1.165, 1.54) is 0 Å². The molecule has 0 aliphatic carbocycles. The monoisotopic (exact) mass is 303 g/mol. The lowest BCUT2D eigenvalue weighted by molar-refractivity contribution is 0.218. The maximum atomic E-state index is 11.6. The fraction of sp³-hybridized carbons (Fsp3) is 0.267. The average molecular weight is 303 g/mol. The van der Waals surface area contributed by atoms with Crippen molar-refractivity contribution in [3.05, 3.63) is 45.6 Å². The zero-order chi connectivity index (χ0) is 15.0. The second kappa shape index (κ2) is 5.38. The molecule has 1 aliphatic rings. The first-order chi connectivity index (χ1) is 10.1. The number of urea groups is 1. The number of amides is 2. The number of nitrogens with zero attached hydrogens (tertiary/aromatic N) is 1. The van der Waals surface area contributed by atoms with Crippen LogP contribution in [0.4, 0.5) is 10.5 Å². The highest BCUT2D eigenvalue weighted by molar-refractivity contribution is 7.10. The van der Waals surface area contributed by atoms with E-state index in [1.807, 2.05) is 23.6 Å². The van der Waals surface area contributed by atoms with E-state index in [0.717, 1.165) is 27.4 Å². The highest BCUT2D eigenvalue weighted by atomic mass is 32.1. The van der Waals surface area contributed by atoms with Gasteiger partial charge in [0.25, 0.3) is 0 Å². The molecule has 1 aromatic heterocycles. The molecular weight excluding hydrogens is 286 g/mol. The summed E-state index contributed by atoms with van der Waals surface area (Å²) in [5, 5.41) is 4.80. The van der Waals surface area contributed by atoms with Crippen molar-refractivity contribution in [3.8, 4) is 5.75 Å². The van der Waals surface area contributed by atoms with Crippen LogP contribution in [0, 0.1) is 0 Å². The molecule has 0 fully saturated rings. The van der Waals surface area contributed by atoms with E-state index in [-0.39, 0.29) is 12.1 Å². The van der Waals surface area contributed by atoms with E-state index in [1.54, 1.807) is 30.4 Å². The molecule has 3 N–H and O–H groups in total. The number of carbonyl (C=O) groups is 1. The van der Waals surface area contributed by atoms with Crippen LogP contribution >= 0.6 is 11.3 Å². The van der Waals surface area contributed by atoms with Gasteiger partial charge in [-0.15, -0.1) is 11.3 Å². The number of carbonyl (C=O) groups excluding carboxylic acids is 1. The standard InChI is InChI=1S/C15H17N3O2S/c1-18-7-10-5-9(3-4-12(10)17-15(18)19)14(16)13-6-11(20-2)8-21-13/h3-6,8,14H,7,16H2,1-2H3,(H,17,19). The first-order valence-corrected chi connectivity index (χ1v) is 7.49. The van der Waals surface area contributed by atoms with Crippen molar-refractivity contribution in [1.29, 1.82) is 0 Å². The van der Waals surface area contributed by atoms with Gasteiger partial charge in [-0.1, -0.05) is 6.07 Å². The Morgan fingerprint density at radius 3 is 2.95 bits per heavy atom. The van der Waals surface area contributed by atoms with Crippen LogP contribution in [0.15, 0.2) is 29.6 Å². The predicted octanol–water partition coefficient (Wildman–Crippen LogP) is 2.78. The molecule has 0 radical (unpaired) electrons. The summed E-state index contributed by atoms with van der Waals surface area (Å²) < 4.78 is 5.20. The van der Waals surface area contributed by atoms with E-state index in [4.69, 9.17) is 10.5 Å². The van der Waals surface area contributed by atoms with Gasteiger partial charge in [0.15, 0.2) is 0 Å². The van der Waals surface area contributed by atoms with Gasteiger partial charge in [0.2, 0.25) is 0 Å². The number of hydrogen-bond acceptors (Lipinski definition) is 4. The van der Waals surface area contributed by atoms with Gasteiger partial charge in [-0.05, 0) is 29.3 Å². The first-order valence-electron chi connectivity index (χ1n) is 6.61. The minimum absolute atomic E-state index is 0.0810. The number of methoxy groups -OCH3 is 1. The van der Waals surface area contributed by atoms with E-state index in [2.05, 4.69) is 11.4 Å². The summed E-state index contributed by atoms with van der Waals surface area (Å²) in [4.78, 5) is 14.3. The molecule has 1 aliphatic heterocycles. The van der Waals surface area contributed by atoms with Gasteiger partial charge in [-0.25, -0.2) is 4.79 Å². The van der Waals surface area contributed by atoms with Crippen molar-refractivity contribution >= 4 is 23.1 Å². The number of hydrogen-bond donors (Lipinski definition) is 2. The number of ether oxygens (including phenoxy) is 1. The molecule has 0 bridgehead atoms. The smallest absolute Gasteiger partial charge is 0.321 e. The minimum Gasteiger partial charge on any atom is -0.496 e. The summed E-state index contributed by atoms with van der Waals surface area (Å²) >= 11 is 1.59. The lowest BCUT2D eigenvalue weighted by Gasteiger charge is -2.26. The maximum absolute atomic E-state index is 11.6. The molecule has 2 aromatic rings. The van der Waals surface area contributed by atoms with Crippen LogP contribution in [-0.4, -0.2) is 25.1 Å². The summed E-state index contributed by atoms with van der Waals surface area (Å²) in [5.41, 5.74) is 9.30. The molecule has 0 saturated heterocycles. The highest BCUT2D eigenvalue weighted by Crippen LogP contribution is 2.32. The number of nitrogens with two attached hydrogens (primary N) is 1. The Labute approximate surface area is 127 Å². The summed E-state index contributed by atoms with van der Waals surface area (Å²) in [6, 6.07) is 7.63. The van der Waals surface area contributed by atoms with Gasteiger partial charge >= 0.3 is 6.03 Å². The van der Waals surface area contributed by atoms with Crippen LogP contribution in [0.1, 0.15) is 22.0 Å². The second-order valence-electron chi connectivity index (χ2n) is 5.07. The largest absolute Gasteiger partial charge is 0.496 e. The minimum atomic E-state index is -0.188. The number of fused-ring (bicyclic) bond motifs is 1. The quantitative estimate of drug-likeness (QED) is 0.916. The van der Waals surface area contributed by atoms with Crippen LogP contribution in [0.3, 0.4) is 0 Å². The molecule has 21 heavy (non-hydrogen) atoms. The Bertz CT molecular complexity index is 683. The van der Waals surface area contributed by atoms with Gasteiger partial charge < -0.3 is 20.7 Å². The second-order valence-corrected chi connectivity index (χ2v) is 6.01. The Hall–Kier alpha value is -2.05. The van der Waals surface area contributed by atoms with Crippen LogP contribution in [0.2, 0.25) is 0 Å². The molecule has 2 heterocycles. The summed E-state index contributed by atoms with van der Waals surface area (Å²) in [6.45, 7) is 0.593. The fourth-order valence-electron chi connectivity index (χ4n) is 2.37. The van der Waals surface area contributed by atoms with E-state index in [0.29, 0.717) is 6.54 Å². The molecule has 1 unspecified atom stereocenters. The van der Waals surface area contributed by atoms with Crippen LogP contribution in [-0.2, 0) is 6.54 Å². The number of benzene rings is 1. The van der Waals surface area contributed by atoms with Gasteiger partial charge in [0, 0.05) is 29.5 Å². The molecule has 3 rings (SSSR count). The van der Waals surface area contributed by atoms with Gasteiger partial charge in [0.1, 0.15) is 5.75 Å². The molecule has 1 aromatic carbocycles. The molecule has 6 heteroatoms. The van der Waals surface area contributed by atoms with Crippen LogP contribution < -0.4 is 15.8 Å². The topological polar surface area (TPSA) is 67.6 Å². The third kappa shape index (κ3) is 2.59. The summed E-state index contributed by atoms with van der Waals surface area (Å²) in [7, 11) is 3.42. The molecule has 0 saturated carbocycles. The first kappa shape index (κ1) is 13.9. The third-order valence-corrected chi connectivity index (χ3v) is 4.62. The van der Waals surface area contributed by atoms with E-state index < -0.39 is 0 Å². The Kier molecular flexibility index (Phi) is 3.57. The molecule has 1 atom stereocenters. The Morgan fingerprint density at radius 2 is 2.24 bits per heavy atom. The molecule has 110 valence electrons. The molecule has 0 spiro atoms. The Balaban J connectivity index is 1.89. The third-order valence-electron chi connectivity index (χ3n) is 3.62. The lowest BCUT2D eigenvalue weighted by Crippen LogP contribution is -2.35. The number of nitrogens with one attached hydrogen (secondary N) is 1. The van der Waals surface area contributed by atoms with Crippen molar-refractivity contribution in [2.45, 2.75) is 12.6 Å². The van der Waals surface area contributed by atoms with E-state index >= 15 is 0 Å². The molecular formula is C15H17N3O2S. The fourth-order valence-corrected chi connectivity index (χ4v) is 3.25. The predicted molar refractivity (Wildman–Crippen MR) is 83.8 cm³/mol. The zero-order valence-corrected chi connectivity index (χ0v) is 12.7. The number of anilines is 1. The van der Waals surface area contributed by atoms with Crippen LogP contribution in [0.5, 0.6) is 5.75 Å². The SMILES string of the molecule is COc1csc(C(N)c2ccc3c(c2)CN(C)C(=O)N3)c1. The highest BCUT2D eigenvalue weighted by Gasteiger charge is 2.21. The van der Waals surface area contributed by atoms with Crippen molar-refractivity contribution in [2.24, 2.45) is 5.73 Å². The van der Waals surface area contributed by atoms with Crippen LogP contribution in [0.25, 0.3) is 0 Å². The normalized spacial score (nSPS) is 15.4. The van der Waals surface area contributed by atoms with Gasteiger partial charge in [-0.3, -0.25) is 0 Å². The summed E-state index contributed by atoms with van der Waals surface area (Å²) in [5.74, 6) is 0.829. The van der Waals surface area contributed by atoms with Crippen molar-refractivity contribution in [3.63, 3.8) is 0 Å². The van der Waals surface area contributed by atoms with Crippen molar-refractivity contribution < 1.29 is 9.53 Å². The van der Waals surface area contributed by atoms with Gasteiger partial charge in [0.05, 0.1) is 13.2 Å². The average Bonchev–Trinajstić information content (AvgIpc) is 2.96. The van der Waals surface area contributed by atoms with Crippen molar-refractivity contribution in [2.75, 3.05) is 19.5 Å². The van der Waals surface area contributed by atoms with Crippen molar-refractivity contribution in [1.82, 2.24) is 4.90 Å². The lowest BCUT2D eigenvalue weighted by atomic mass is 10.0. The number of rotatable bonds is 3. The molecule has 5 nitrogen and oxygen atoms in total. The summed E-state index contributed by atoms with van der Waals surface area (Å²) in [6.07, 6.45) is 0. The maximum Gasteiger partial charge on any atom is 0.321 e. The molecule has 2 amide bonds. The number of thiophene rings is 1. The van der Waals surface area contributed by atoms with Gasteiger partial charge in [-0.2, -0.15) is 0 Å².